The fourth-order valence-corrected chi connectivity index (χ4v) is 1.68. The Morgan fingerprint density at radius 2 is 1.30 bits per heavy atom. The van der Waals surface area contributed by atoms with E-state index in [1.165, 1.54) is 25.7 Å². The molecular formula is C10H12. The molecule has 0 spiro atoms. The van der Waals surface area contributed by atoms with Crippen molar-refractivity contribution in [2.75, 3.05) is 0 Å². The van der Waals surface area contributed by atoms with Gasteiger partial charge in [0.05, 0.1) is 0 Å². The minimum atomic E-state index is 1.30. The van der Waals surface area contributed by atoms with E-state index in [4.69, 9.17) is 0 Å². The highest BCUT2D eigenvalue weighted by atomic mass is 14.8. The van der Waals surface area contributed by atoms with Crippen LogP contribution in [0.2, 0.25) is 0 Å². The van der Waals surface area contributed by atoms with Gasteiger partial charge in [0.25, 0.3) is 0 Å². The van der Waals surface area contributed by atoms with Gasteiger partial charge in [-0.05, 0) is 36.8 Å². The van der Waals surface area contributed by atoms with E-state index in [9.17, 15) is 0 Å². The van der Waals surface area contributed by atoms with Gasteiger partial charge in [-0.2, -0.15) is 0 Å². The van der Waals surface area contributed by atoms with Crippen LogP contribution in [0.3, 0.4) is 0 Å². The predicted octanol–water partition coefficient (Wildman–Crippen LogP) is 2.57. The summed E-state index contributed by atoms with van der Waals surface area (Å²) in [4.78, 5) is 0. The molecule has 0 amide bonds. The normalized spacial score (nSPS) is 16.4. The molecule has 1 aromatic carbocycles. The van der Waals surface area contributed by atoms with E-state index in [-0.39, 0.29) is 0 Å². The molecule has 2 rings (SSSR count). The summed E-state index contributed by atoms with van der Waals surface area (Å²) in [6, 6.07) is 8.80. The van der Waals surface area contributed by atoms with Crippen molar-refractivity contribution in [1.82, 2.24) is 0 Å². The first kappa shape index (κ1) is 5.96. The van der Waals surface area contributed by atoms with Crippen LogP contribution in [0.5, 0.6) is 0 Å². The molecule has 0 bridgehead atoms. The maximum Gasteiger partial charge on any atom is -0.0276 e. The number of hydrogen-bond acceptors (Lipinski definition) is 0. The smallest absolute Gasteiger partial charge is 0.0276 e. The summed E-state index contributed by atoms with van der Waals surface area (Å²) < 4.78 is 0. The van der Waals surface area contributed by atoms with Crippen LogP contribution in [0, 0.1) is 0 Å². The Morgan fingerprint density at radius 3 is 1.80 bits per heavy atom. The number of aryl methyl sites for hydroxylation is 2. The minimum Gasteiger partial charge on any atom is -0.0620 e. The van der Waals surface area contributed by atoms with Crippen LogP contribution in [0.15, 0.2) is 24.3 Å². The molecule has 0 unspecified atom stereocenters. The van der Waals surface area contributed by atoms with Gasteiger partial charge in [-0.1, -0.05) is 24.3 Å². The largest absolute Gasteiger partial charge is 0.0620 e. The van der Waals surface area contributed by atoms with E-state index in [0.29, 0.717) is 0 Å². The van der Waals surface area contributed by atoms with Crippen molar-refractivity contribution in [3.05, 3.63) is 35.4 Å². The van der Waals surface area contributed by atoms with Crippen molar-refractivity contribution < 1.29 is 0 Å². The third-order valence-electron chi connectivity index (χ3n) is 2.26. The molecule has 0 heterocycles. The Bertz CT molecular complexity index is 200. The van der Waals surface area contributed by atoms with Crippen molar-refractivity contribution in [1.29, 1.82) is 0 Å². The maximum atomic E-state index is 2.26. The topological polar surface area (TPSA) is 0 Å². The monoisotopic (exact) mass is 138 g/mol. The molecule has 0 N–H and O–H groups in total. The Kier molecular flexibility index (Phi) is 1.46. The highest BCUT2D eigenvalue weighted by Crippen LogP contribution is 2.19. The molecule has 0 radical (unpaired) electrons. The highest BCUT2D eigenvalue weighted by molar-refractivity contribution is 5.28. The summed E-state index contributed by atoms with van der Waals surface area (Å²) in [6.07, 6.45) is 5.38. The molecule has 1 aliphatic carbocycles. The van der Waals surface area contributed by atoms with Crippen LogP contribution in [0.4, 0.5) is 0 Å². The van der Waals surface area contributed by atoms with Gasteiger partial charge >= 0.3 is 0 Å². The Balaban J connectivity index is 2.41. The molecule has 0 nitrogen and oxygen atoms in total. The van der Waals surface area contributed by atoms with Gasteiger partial charge in [-0.15, -0.1) is 0 Å². The lowest BCUT2D eigenvalue weighted by Crippen LogP contribution is -2.00. The van der Waals surface area contributed by atoms with Gasteiger partial charge < -0.3 is 0 Å². The zero-order valence-electron chi connectivity index (χ0n) is 6.14. The fraction of sp³-hybridized carbons (Fsp3) is 0.400. The second-order valence-corrected chi connectivity index (χ2v) is 2.98. The first-order chi connectivity index (χ1) is 4.97. The van der Waals surface area contributed by atoms with Crippen molar-refractivity contribution in [3.8, 4) is 0 Å². The Labute approximate surface area is 61.9 Å². The van der Waals surface area contributed by atoms with Crippen LogP contribution in [-0.2, 0) is 12.8 Å². The molecule has 0 heteroatoms. The summed E-state index contributed by atoms with van der Waals surface area (Å²) in [5, 5.41) is 0. The second kappa shape index (κ2) is 2.45. The molecule has 0 atom stereocenters. The van der Waals surface area contributed by atoms with E-state index in [2.05, 4.69) is 24.3 Å². The maximum absolute atomic E-state index is 2.26. The van der Waals surface area contributed by atoms with Crippen LogP contribution in [0.1, 0.15) is 24.0 Å². The summed E-state index contributed by atoms with van der Waals surface area (Å²) in [5.41, 5.74) is 3.16. The zero-order chi connectivity index (χ0) is 6.81. The number of rotatable bonds is 0. The van der Waals surface area contributed by atoms with E-state index < -0.39 is 0 Å². The number of benzene rings is 1. The summed E-state index contributed by atoms with van der Waals surface area (Å²) in [6.45, 7) is 0. The van der Waals surface area contributed by atoms with Crippen molar-refractivity contribution in [2.24, 2.45) is 0 Å². The van der Waals surface area contributed by atoms with E-state index in [1.54, 1.807) is 11.1 Å². The number of hydrogen-bond donors (Lipinski definition) is 0. The molecule has 52 valence electrons. The van der Waals surface area contributed by atoms with Crippen LogP contribution in [0.25, 0.3) is 0 Å². The van der Waals surface area contributed by atoms with Gasteiger partial charge in [0.15, 0.2) is 0 Å². The predicted molar refractivity (Wildman–Crippen MR) is 43.1 cm³/mol. The van der Waals surface area contributed by atoms with E-state index >= 15 is 0 Å². The third kappa shape index (κ3) is 0.942. The average Bonchev–Trinajstić information content (AvgIpc) is 2.05. The first-order valence-corrected chi connectivity index (χ1v) is 4.03. The molecule has 0 aromatic heterocycles. The Hall–Kier alpha value is -0.780. The lowest BCUT2D eigenvalue weighted by molar-refractivity contribution is 0.685. The van der Waals surface area contributed by atoms with E-state index in [1.807, 2.05) is 0 Å². The molecule has 0 saturated heterocycles. The van der Waals surface area contributed by atoms with Gasteiger partial charge in [-0.25, -0.2) is 0 Å². The van der Waals surface area contributed by atoms with Crippen molar-refractivity contribution in [2.45, 2.75) is 25.7 Å². The highest BCUT2D eigenvalue weighted by Gasteiger charge is 2.05. The Morgan fingerprint density at radius 1 is 0.800 bits per heavy atom. The lowest BCUT2D eigenvalue weighted by atomic mass is 10.2. The van der Waals surface area contributed by atoms with Crippen molar-refractivity contribution >= 4 is 0 Å². The molecular weight excluding hydrogens is 126 g/mol. The molecule has 0 fully saturated rings. The molecule has 0 aliphatic heterocycles. The zero-order valence-corrected chi connectivity index (χ0v) is 6.14. The van der Waals surface area contributed by atoms with Gasteiger partial charge in [0.2, 0.25) is 0 Å². The summed E-state index contributed by atoms with van der Waals surface area (Å²) in [7, 11) is 0. The fourth-order valence-electron chi connectivity index (χ4n) is 1.68. The van der Waals surface area contributed by atoms with Gasteiger partial charge in [0, 0.05) is 0 Å². The van der Waals surface area contributed by atoms with Crippen LogP contribution in [-0.4, -0.2) is 0 Å². The molecule has 1 aromatic rings. The molecule has 1 aliphatic rings. The minimum absolute atomic E-state index is 1.30. The second-order valence-electron chi connectivity index (χ2n) is 2.98. The summed E-state index contributed by atoms with van der Waals surface area (Å²) >= 11 is 0. The molecule has 10 heavy (non-hydrogen) atoms. The number of fused-ring (bicyclic) bond motifs is 1. The van der Waals surface area contributed by atoms with Crippen LogP contribution >= 0.6 is 0 Å². The average molecular weight is 138 g/mol. The first-order valence-electron chi connectivity index (χ1n) is 4.03. The SMILES string of the molecule is C1CC[13c]2[13cH][13cH][13cH][13cH][13c]2C1. The third-order valence-corrected chi connectivity index (χ3v) is 2.26. The quantitative estimate of drug-likeness (QED) is 0.516. The standard InChI is InChI=1S/C10H12/c1-2-6-10-8-4-3-7-9(10)5-1/h1-2,5-6H,3-4,7-8H2/i1+1,2+1,5+1,6+1,9+1,10+1. The lowest BCUT2D eigenvalue weighted by Gasteiger charge is -2.13. The van der Waals surface area contributed by atoms with Crippen molar-refractivity contribution in [3.63, 3.8) is 0 Å². The molecule has 0 saturated carbocycles. The van der Waals surface area contributed by atoms with Gasteiger partial charge in [-0.3, -0.25) is 0 Å². The van der Waals surface area contributed by atoms with Gasteiger partial charge in [0.1, 0.15) is 0 Å². The summed E-state index contributed by atoms with van der Waals surface area (Å²) in [5.74, 6) is 0. The van der Waals surface area contributed by atoms with E-state index in [0.717, 1.165) is 0 Å². The van der Waals surface area contributed by atoms with Crippen LogP contribution < -0.4 is 0 Å².